The lowest BCUT2D eigenvalue weighted by Gasteiger charge is -2.07. The summed E-state index contributed by atoms with van der Waals surface area (Å²) in [5.41, 5.74) is 4.99. The molecule has 7 nitrogen and oxygen atoms in total. The van der Waals surface area contributed by atoms with Crippen LogP contribution in [-0.2, 0) is 4.79 Å². The largest absolute Gasteiger partial charge is 0.417 e. The minimum atomic E-state index is -0.397. The minimum Gasteiger partial charge on any atom is -0.417 e. The Morgan fingerprint density at radius 1 is 0.912 bits per heavy atom. The fourth-order valence-corrected chi connectivity index (χ4v) is 3.29. The molecule has 0 saturated heterocycles. The zero-order chi connectivity index (χ0) is 23.3. The van der Waals surface area contributed by atoms with Gasteiger partial charge in [-0.25, -0.2) is 9.97 Å². The maximum Gasteiger partial charge on any atom is 0.300 e. The molecule has 7 heteroatoms. The number of aryl methyl sites for hydroxylation is 1. The van der Waals surface area contributed by atoms with Gasteiger partial charge < -0.3 is 15.1 Å². The van der Waals surface area contributed by atoms with E-state index in [0.717, 1.165) is 16.7 Å². The van der Waals surface area contributed by atoms with E-state index in [0.29, 0.717) is 34.3 Å². The quantitative estimate of drug-likeness (QED) is 0.363. The average Bonchev–Trinajstić information content (AvgIpc) is 3.30. The van der Waals surface area contributed by atoms with Crippen LogP contribution >= 0.6 is 0 Å². The van der Waals surface area contributed by atoms with E-state index >= 15 is 0 Å². The van der Waals surface area contributed by atoms with Crippen LogP contribution in [0.1, 0.15) is 11.1 Å². The standard InChI is InChI=1S/C27H19N5O2/c1-18-10-12-19(13-11-18)14-15-23(33)30-21-8-5-9-22(16-21)31-25-24-27(29-17-28-25)34-26(32-24)20-6-3-2-4-7-20/h2-13,16-17H,1H3,(H,30,33)(H,28,29,31). The molecule has 5 rings (SSSR count). The number of nitrogens with one attached hydrogen (secondary N) is 2. The van der Waals surface area contributed by atoms with Crippen LogP contribution in [-0.4, -0.2) is 20.9 Å². The first kappa shape index (κ1) is 20.9. The minimum absolute atomic E-state index is 0.382. The maximum absolute atomic E-state index is 12.3. The first-order chi connectivity index (χ1) is 16.6. The summed E-state index contributed by atoms with van der Waals surface area (Å²) in [7, 11) is 0. The molecule has 0 fully saturated rings. The molecule has 2 N–H and O–H groups in total. The second-order valence-corrected chi connectivity index (χ2v) is 7.54. The number of anilines is 3. The highest BCUT2D eigenvalue weighted by atomic mass is 16.4. The van der Waals surface area contributed by atoms with Gasteiger partial charge in [-0.05, 0) is 49.4 Å². The number of carbonyl (C=O) groups excluding carboxylic acids is 1. The SMILES string of the molecule is Cc1ccc(C#CC(=O)Nc2cccc(Nc3ncnc4oc(-c5ccccc5)nc34)c2)cc1. The molecular formula is C27H19N5O2. The van der Waals surface area contributed by atoms with Crippen LogP contribution in [0.15, 0.2) is 89.6 Å². The third kappa shape index (κ3) is 4.76. The number of amides is 1. The Labute approximate surface area is 195 Å². The molecule has 1 amide bonds. The van der Waals surface area contributed by atoms with Crippen LogP contribution in [0.5, 0.6) is 0 Å². The number of oxazole rings is 1. The van der Waals surface area contributed by atoms with Gasteiger partial charge in [0.1, 0.15) is 6.33 Å². The monoisotopic (exact) mass is 445 g/mol. The molecule has 164 valence electrons. The van der Waals surface area contributed by atoms with Gasteiger partial charge in [-0.1, -0.05) is 47.9 Å². The van der Waals surface area contributed by atoms with E-state index in [9.17, 15) is 4.79 Å². The summed E-state index contributed by atoms with van der Waals surface area (Å²) in [6.45, 7) is 2.00. The molecule has 0 atom stereocenters. The normalized spacial score (nSPS) is 10.4. The highest BCUT2D eigenvalue weighted by Gasteiger charge is 2.14. The van der Waals surface area contributed by atoms with Crippen molar-refractivity contribution in [3.05, 3.63) is 96.3 Å². The molecule has 0 aliphatic heterocycles. The van der Waals surface area contributed by atoms with Crippen molar-refractivity contribution in [3.8, 4) is 23.3 Å². The Balaban J connectivity index is 1.34. The molecule has 0 aliphatic rings. The lowest BCUT2D eigenvalue weighted by molar-refractivity contribution is -0.111. The number of nitrogens with zero attached hydrogens (tertiary/aromatic N) is 3. The Bertz CT molecular complexity index is 1530. The molecular weight excluding hydrogens is 426 g/mol. The van der Waals surface area contributed by atoms with Gasteiger partial charge in [0.15, 0.2) is 11.3 Å². The number of hydrogen-bond acceptors (Lipinski definition) is 6. The molecule has 2 heterocycles. The van der Waals surface area contributed by atoms with Gasteiger partial charge in [-0.3, -0.25) is 4.79 Å². The number of hydrogen-bond donors (Lipinski definition) is 2. The van der Waals surface area contributed by atoms with E-state index < -0.39 is 5.91 Å². The third-order valence-electron chi connectivity index (χ3n) is 4.97. The van der Waals surface area contributed by atoms with Crippen molar-refractivity contribution in [1.29, 1.82) is 0 Å². The first-order valence-corrected chi connectivity index (χ1v) is 10.6. The highest BCUT2D eigenvalue weighted by molar-refractivity contribution is 6.04. The fraction of sp³-hybridized carbons (Fsp3) is 0.0370. The van der Waals surface area contributed by atoms with Crippen LogP contribution in [0.25, 0.3) is 22.7 Å². The molecule has 34 heavy (non-hydrogen) atoms. The zero-order valence-corrected chi connectivity index (χ0v) is 18.2. The van der Waals surface area contributed by atoms with Crippen molar-refractivity contribution in [2.75, 3.05) is 10.6 Å². The number of benzene rings is 3. The van der Waals surface area contributed by atoms with E-state index in [-0.39, 0.29) is 0 Å². The topological polar surface area (TPSA) is 92.9 Å². The Morgan fingerprint density at radius 3 is 2.53 bits per heavy atom. The van der Waals surface area contributed by atoms with Gasteiger partial charge in [0.2, 0.25) is 5.89 Å². The Morgan fingerprint density at radius 2 is 1.71 bits per heavy atom. The first-order valence-electron chi connectivity index (χ1n) is 10.6. The van der Waals surface area contributed by atoms with E-state index in [1.165, 1.54) is 6.33 Å². The highest BCUT2D eigenvalue weighted by Crippen LogP contribution is 2.28. The second-order valence-electron chi connectivity index (χ2n) is 7.54. The molecule has 0 radical (unpaired) electrons. The number of carbonyl (C=O) groups is 1. The predicted molar refractivity (Wildman–Crippen MR) is 131 cm³/mol. The molecule has 5 aromatic rings. The van der Waals surface area contributed by atoms with Crippen molar-refractivity contribution in [2.45, 2.75) is 6.92 Å². The van der Waals surface area contributed by atoms with E-state index in [1.807, 2.05) is 73.7 Å². The summed E-state index contributed by atoms with van der Waals surface area (Å²) in [5.74, 6) is 6.05. The Kier molecular flexibility index (Phi) is 5.70. The van der Waals surface area contributed by atoms with Gasteiger partial charge in [0.05, 0.1) is 0 Å². The van der Waals surface area contributed by atoms with Crippen LogP contribution in [0, 0.1) is 18.8 Å². The molecule has 0 spiro atoms. The summed E-state index contributed by atoms with van der Waals surface area (Å²) in [5, 5.41) is 6.02. The summed E-state index contributed by atoms with van der Waals surface area (Å²) < 4.78 is 5.80. The number of fused-ring (bicyclic) bond motifs is 1. The smallest absolute Gasteiger partial charge is 0.300 e. The van der Waals surface area contributed by atoms with Crippen molar-refractivity contribution in [3.63, 3.8) is 0 Å². The maximum atomic E-state index is 12.3. The van der Waals surface area contributed by atoms with Gasteiger partial charge in [0, 0.05) is 28.4 Å². The Hall–Kier alpha value is -4.96. The van der Waals surface area contributed by atoms with Crippen molar-refractivity contribution in [1.82, 2.24) is 15.0 Å². The molecule has 0 bridgehead atoms. The fourth-order valence-electron chi connectivity index (χ4n) is 3.29. The number of aromatic nitrogens is 3. The van der Waals surface area contributed by atoms with E-state index in [2.05, 4.69) is 37.4 Å². The summed E-state index contributed by atoms with van der Waals surface area (Å²) in [4.78, 5) is 25.4. The molecule has 0 unspecified atom stereocenters. The molecule has 3 aromatic carbocycles. The summed E-state index contributed by atoms with van der Waals surface area (Å²) >= 11 is 0. The molecule has 2 aromatic heterocycles. The molecule has 0 saturated carbocycles. The zero-order valence-electron chi connectivity index (χ0n) is 18.2. The van der Waals surface area contributed by atoms with Gasteiger partial charge in [-0.2, -0.15) is 4.98 Å². The van der Waals surface area contributed by atoms with Crippen LogP contribution in [0.3, 0.4) is 0 Å². The van der Waals surface area contributed by atoms with E-state index in [1.54, 1.807) is 12.1 Å². The summed E-state index contributed by atoms with van der Waals surface area (Å²) in [6.07, 6.45) is 1.41. The predicted octanol–water partition coefficient (Wildman–Crippen LogP) is 5.33. The van der Waals surface area contributed by atoms with Crippen molar-refractivity contribution >= 4 is 34.3 Å². The van der Waals surface area contributed by atoms with Crippen LogP contribution in [0.2, 0.25) is 0 Å². The second kappa shape index (κ2) is 9.27. The third-order valence-corrected chi connectivity index (χ3v) is 4.97. The number of rotatable bonds is 4. The molecule has 0 aliphatic carbocycles. The van der Waals surface area contributed by atoms with Crippen molar-refractivity contribution < 1.29 is 9.21 Å². The van der Waals surface area contributed by atoms with Gasteiger partial charge in [-0.15, -0.1) is 0 Å². The summed E-state index contributed by atoms with van der Waals surface area (Å²) in [6, 6.07) is 24.5. The van der Waals surface area contributed by atoms with E-state index in [4.69, 9.17) is 4.42 Å². The lowest BCUT2D eigenvalue weighted by atomic mass is 10.1. The lowest BCUT2D eigenvalue weighted by Crippen LogP contribution is -2.08. The van der Waals surface area contributed by atoms with Crippen molar-refractivity contribution in [2.24, 2.45) is 0 Å². The average molecular weight is 445 g/mol. The van der Waals surface area contributed by atoms with Gasteiger partial charge >= 0.3 is 5.91 Å². The van der Waals surface area contributed by atoms with Gasteiger partial charge in [0.25, 0.3) is 5.71 Å². The van der Waals surface area contributed by atoms with Crippen LogP contribution < -0.4 is 10.6 Å². The van der Waals surface area contributed by atoms with Crippen LogP contribution in [0.4, 0.5) is 17.2 Å².